The Morgan fingerprint density at radius 3 is 2.74 bits per heavy atom. The minimum atomic E-state index is -2.24. The number of halogens is 3. The highest BCUT2D eigenvalue weighted by Crippen LogP contribution is 2.73. The van der Waals surface area contributed by atoms with Crippen LogP contribution >= 0.6 is 11.8 Å². The van der Waals surface area contributed by atoms with Crippen LogP contribution in [0, 0.1) is 35.5 Å². The van der Waals surface area contributed by atoms with Gasteiger partial charge >= 0.3 is 0 Å². The van der Waals surface area contributed by atoms with Crippen molar-refractivity contribution in [3.8, 4) is 0 Å². The SMILES string of the molecule is Cc1cccc(CN2C[C@@H]3C[C@H]4[C@@H]5C[C@H](F)C6=CC(=O)C=C[C@]6(C)[C@@]5(F)[C@@H](O)C[C@]4(C)[C@]3(C(=O)SCF)O2)c1. The number of nitrogens with zero attached hydrogens (tertiary/aromatic N) is 1. The van der Waals surface area contributed by atoms with Gasteiger partial charge in [-0.1, -0.05) is 54.6 Å². The zero-order valence-electron chi connectivity index (χ0n) is 22.3. The molecule has 5 nitrogen and oxygen atoms in total. The zero-order chi connectivity index (χ0) is 28.0. The van der Waals surface area contributed by atoms with Crippen LogP contribution in [0.5, 0.6) is 0 Å². The molecule has 0 amide bonds. The normalized spacial score (nSPS) is 44.8. The predicted octanol–water partition coefficient (Wildman–Crippen LogP) is 5.21. The van der Waals surface area contributed by atoms with Gasteiger partial charge in [0.25, 0.3) is 0 Å². The first-order valence-corrected chi connectivity index (χ1v) is 14.6. The zero-order valence-corrected chi connectivity index (χ0v) is 23.1. The highest BCUT2D eigenvalue weighted by molar-refractivity contribution is 8.13. The van der Waals surface area contributed by atoms with Gasteiger partial charge in [0.2, 0.25) is 5.12 Å². The molecule has 4 fully saturated rings. The van der Waals surface area contributed by atoms with Gasteiger partial charge in [-0.2, -0.15) is 5.06 Å². The van der Waals surface area contributed by atoms with Crippen molar-refractivity contribution in [1.29, 1.82) is 0 Å². The van der Waals surface area contributed by atoms with E-state index in [-0.39, 0.29) is 24.3 Å². The number of hydrogen-bond donors (Lipinski definition) is 1. The van der Waals surface area contributed by atoms with E-state index in [1.165, 1.54) is 18.2 Å². The Hall–Kier alpha value is -1.94. The van der Waals surface area contributed by atoms with Gasteiger partial charge in [0.15, 0.2) is 17.1 Å². The molecule has 9 atom stereocenters. The van der Waals surface area contributed by atoms with Crippen LogP contribution in [0.2, 0.25) is 0 Å². The van der Waals surface area contributed by atoms with E-state index < -0.39 is 63.1 Å². The molecule has 0 radical (unpaired) electrons. The lowest BCUT2D eigenvalue weighted by atomic mass is 9.44. The number of aryl methyl sites for hydroxylation is 1. The van der Waals surface area contributed by atoms with Crippen LogP contribution in [0.25, 0.3) is 0 Å². The van der Waals surface area contributed by atoms with Crippen LogP contribution in [0.3, 0.4) is 0 Å². The Morgan fingerprint density at radius 1 is 1.26 bits per heavy atom. The van der Waals surface area contributed by atoms with Gasteiger partial charge in [-0.25, -0.2) is 13.2 Å². The van der Waals surface area contributed by atoms with E-state index in [4.69, 9.17) is 4.84 Å². The smallest absolute Gasteiger partial charge is 0.226 e. The molecule has 0 bridgehead atoms. The minimum absolute atomic E-state index is 0.0638. The van der Waals surface area contributed by atoms with Crippen molar-refractivity contribution < 1.29 is 32.7 Å². The van der Waals surface area contributed by atoms with Crippen LogP contribution in [-0.2, 0) is 21.0 Å². The van der Waals surface area contributed by atoms with E-state index in [1.807, 2.05) is 38.1 Å². The van der Waals surface area contributed by atoms with Crippen LogP contribution in [0.15, 0.2) is 48.1 Å². The number of carbonyl (C=O) groups excluding carboxylic acids is 2. The maximum absolute atomic E-state index is 17.5. The van der Waals surface area contributed by atoms with E-state index in [2.05, 4.69) is 0 Å². The molecule has 1 heterocycles. The number of benzene rings is 1. The van der Waals surface area contributed by atoms with Crippen molar-refractivity contribution in [2.24, 2.45) is 28.6 Å². The van der Waals surface area contributed by atoms with E-state index in [1.54, 1.807) is 12.0 Å². The fraction of sp³-hybridized carbons (Fsp3) is 0.600. The second-order valence-corrected chi connectivity index (χ2v) is 13.3. The Kier molecular flexibility index (Phi) is 6.31. The third-order valence-corrected chi connectivity index (χ3v) is 11.3. The fourth-order valence-electron chi connectivity index (χ4n) is 8.93. The second-order valence-electron chi connectivity index (χ2n) is 12.5. The molecule has 0 spiro atoms. The summed E-state index contributed by atoms with van der Waals surface area (Å²) < 4.78 is 46.8. The summed E-state index contributed by atoms with van der Waals surface area (Å²) in [6.07, 6.45) is 0.822. The molecule has 3 saturated carbocycles. The number of hydrogen-bond acceptors (Lipinski definition) is 6. The van der Waals surface area contributed by atoms with Gasteiger partial charge < -0.3 is 5.11 Å². The second kappa shape index (κ2) is 9.03. The molecule has 1 N–H and O–H groups in total. The Labute approximate surface area is 230 Å². The molecular formula is C30H34F3NO4S. The van der Waals surface area contributed by atoms with Crippen molar-refractivity contribution in [3.63, 3.8) is 0 Å². The summed E-state index contributed by atoms with van der Waals surface area (Å²) in [4.78, 5) is 32.4. The molecule has 0 unspecified atom stereocenters. The van der Waals surface area contributed by atoms with Crippen molar-refractivity contribution in [1.82, 2.24) is 5.06 Å². The average Bonchev–Trinajstić information content (AvgIpc) is 3.35. The van der Waals surface area contributed by atoms with Gasteiger partial charge in [0.05, 0.1) is 6.10 Å². The van der Waals surface area contributed by atoms with Gasteiger partial charge in [-0.15, -0.1) is 0 Å². The summed E-state index contributed by atoms with van der Waals surface area (Å²) in [7, 11) is 0. The quantitative estimate of drug-likeness (QED) is 0.545. The number of aliphatic hydroxyl groups excluding tert-OH is 1. The maximum Gasteiger partial charge on any atom is 0.226 e. The van der Waals surface area contributed by atoms with Gasteiger partial charge in [0, 0.05) is 35.8 Å². The summed E-state index contributed by atoms with van der Waals surface area (Å²) in [5.74, 6) is -2.16. The largest absolute Gasteiger partial charge is 0.390 e. The monoisotopic (exact) mass is 561 g/mol. The number of hydroxylamine groups is 2. The number of rotatable bonds is 4. The van der Waals surface area contributed by atoms with Crippen molar-refractivity contribution >= 4 is 22.7 Å². The molecule has 0 aromatic heterocycles. The topological polar surface area (TPSA) is 66.8 Å². The molecule has 9 heteroatoms. The molecule has 5 aliphatic rings. The number of allylic oxidation sites excluding steroid dienone is 4. The molecule has 39 heavy (non-hydrogen) atoms. The van der Waals surface area contributed by atoms with Gasteiger partial charge in [-0.3, -0.25) is 14.4 Å². The van der Waals surface area contributed by atoms with Crippen LogP contribution in [0.4, 0.5) is 13.2 Å². The van der Waals surface area contributed by atoms with Gasteiger partial charge in [-0.05, 0) is 62.3 Å². The number of thioether (sulfide) groups is 1. The molecular weight excluding hydrogens is 527 g/mol. The molecule has 210 valence electrons. The van der Waals surface area contributed by atoms with Gasteiger partial charge in [0.1, 0.15) is 12.2 Å². The fourth-order valence-corrected chi connectivity index (χ4v) is 9.68. The molecule has 4 aliphatic carbocycles. The maximum atomic E-state index is 17.5. The summed E-state index contributed by atoms with van der Waals surface area (Å²) >= 11 is 0.544. The molecule has 1 aliphatic heterocycles. The van der Waals surface area contributed by atoms with Crippen LogP contribution < -0.4 is 0 Å². The summed E-state index contributed by atoms with van der Waals surface area (Å²) in [5, 5.41) is 12.9. The summed E-state index contributed by atoms with van der Waals surface area (Å²) in [5.41, 5.74) is -4.10. The lowest BCUT2D eigenvalue weighted by Crippen LogP contribution is -2.70. The van der Waals surface area contributed by atoms with Crippen molar-refractivity contribution in [3.05, 3.63) is 59.2 Å². The molecule has 1 aromatic carbocycles. The third kappa shape index (κ3) is 3.52. The third-order valence-electron chi connectivity index (χ3n) is 10.6. The van der Waals surface area contributed by atoms with Crippen LogP contribution in [0.1, 0.15) is 44.2 Å². The highest BCUT2D eigenvalue weighted by Gasteiger charge is 2.79. The predicted molar refractivity (Wildman–Crippen MR) is 141 cm³/mol. The molecule has 1 saturated heterocycles. The van der Waals surface area contributed by atoms with E-state index >= 15 is 8.78 Å². The van der Waals surface area contributed by atoms with Crippen molar-refractivity contribution in [2.45, 2.75) is 70.1 Å². The van der Waals surface area contributed by atoms with E-state index in [9.17, 15) is 19.1 Å². The molecule has 6 rings (SSSR count). The standard InChI is InChI=1S/C30H34F3NO4S/c1-17-5-4-6-18(9-17)14-34-15-19-10-21-22-12-24(32)23-11-20(35)7-8-27(23,2)29(22,33)25(36)13-28(21,3)30(19,38-34)26(37)39-16-31/h4-9,11,19,21-22,24-25,36H,10,12-16H2,1-3H3/t19-,21-,22-,24-,25-,27-,28-,29-,30-/m0/s1. The van der Waals surface area contributed by atoms with Crippen molar-refractivity contribution in [2.75, 3.05) is 12.6 Å². The highest BCUT2D eigenvalue weighted by atomic mass is 32.2. The first kappa shape index (κ1) is 27.2. The first-order chi connectivity index (χ1) is 18.4. The Balaban J connectivity index is 1.40. The Morgan fingerprint density at radius 2 is 2.03 bits per heavy atom. The number of alkyl halides is 3. The summed E-state index contributed by atoms with van der Waals surface area (Å²) in [6, 6.07) is 7.02. The van der Waals surface area contributed by atoms with Crippen LogP contribution in [-0.4, -0.2) is 57.2 Å². The average molecular weight is 562 g/mol. The Bertz CT molecular complexity index is 1290. The number of aliphatic hydroxyl groups is 1. The lowest BCUT2D eigenvalue weighted by Gasteiger charge is -2.63. The molecule has 1 aromatic rings. The number of ketones is 1. The lowest BCUT2D eigenvalue weighted by molar-refractivity contribution is -0.266. The number of fused-ring (bicyclic) bond motifs is 7. The van der Waals surface area contributed by atoms with E-state index in [0.717, 1.165) is 11.1 Å². The minimum Gasteiger partial charge on any atom is -0.390 e. The van der Waals surface area contributed by atoms with E-state index in [0.29, 0.717) is 31.3 Å². The summed E-state index contributed by atoms with van der Waals surface area (Å²) in [6.45, 7) is 6.18. The number of carbonyl (C=O) groups is 2. The first-order valence-electron chi connectivity index (χ1n) is 13.6.